The Morgan fingerprint density at radius 2 is 2.10 bits per heavy atom. The Hall–Kier alpha value is -1.45. The van der Waals surface area contributed by atoms with Gasteiger partial charge in [0.25, 0.3) is 0 Å². The summed E-state index contributed by atoms with van der Waals surface area (Å²) in [6.45, 7) is 5.42. The fraction of sp³-hybridized carbons (Fsp3) is 0.706. The Morgan fingerprint density at radius 1 is 1.29 bits per heavy atom. The molecule has 2 saturated carbocycles. The van der Waals surface area contributed by atoms with Crippen LogP contribution in [0.3, 0.4) is 0 Å². The van der Waals surface area contributed by atoms with Crippen LogP contribution in [0.5, 0.6) is 5.88 Å². The molecule has 0 aliphatic heterocycles. The summed E-state index contributed by atoms with van der Waals surface area (Å²) in [6, 6.07) is 4.33. The predicted molar refractivity (Wildman–Crippen MR) is 86.5 cm³/mol. The molecule has 4 nitrogen and oxygen atoms in total. The fourth-order valence-corrected chi connectivity index (χ4v) is 3.07. The minimum absolute atomic E-state index is 0.316. The molecule has 0 saturated heterocycles. The van der Waals surface area contributed by atoms with Crippen LogP contribution in [0.15, 0.2) is 12.1 Å². The van der Waals surface area contributed by atoms with Crippen molar-refractivity contribution in [2.24, 2.45) is 11.3 Å². The molecule has 0 spiro atoms. The zero-order valence-electron chi connectivity index (χ0n) is 13.2. The van der Waals surface area contributed by atoms with Gasteiger partial charge in [0.2, 0.25) is 5.88 Å². The number of ether oxygens (including phenoxy) is 1. The highest BCUT2D eigenvalue weighted by atomic mass is 16.5. The van der Waals surface area contributed by atoms with Crippen LogP contribution in [0, 0.1) is 11.3 Å². The number of hydrogen-bond donors (Lipinski definition) is 2. The van der Waals surface area contributed by atoms with Gasteiger partial charge in [-0.15, -0.1) is 0 Å². The second-order valence-electron chi connectivity index (χ2n) is 7.28. The number of anilines is 2. The lowest BCUT2D eigenvalue weighted by Crippen LogP contribution is -2.39. The Labute approximate surface area is 127 Å². The predicted octanol–water partition coefficient (Wildman–Crippen LogP) is 3.83. The van der Waals surface area contributed by atoms with E-state index in [0.717, 1.165) is 12.4 Å². The van der Waals surface area contributed by atoms with E-state index in [4.69, 9.17) is 10.5 Å². The Morgan fingerprint density at radius 3 is 2.81 bits per heavy atom. The molecule has 3 N–H and O–H groups in total. The van der Waals surface area contributed by atoms with Crippen molar-refractivity contribution >= 4 is 11.5 Å². The van der Waals surface area contributed by atoms with Crippen molar-refractivity contribution in [3.63, 3.8) is 0 Å². The summed E-state index contributed by atoms with van der Waals surface area (Å²) in [6.07, 6.45) is 7.64. The lowest BCUT2D eigenvalue weighted by atomic mass is 9.73. The average molecular weight is 289 g/mol. The molecule has 0 aromatic carbocycles. The molecule has 4 heteroatoms. The first-order valence-corrected chi connectivity index (χ1v) is 8.20. The third-order valence-electron chi connectivity index (χ3n) is 4.87. The molecule has 2 fully saturated rings. The second-order valence-corrected chi connectivity index (χ2v) is 7.28. The standard InChI is InChI=1S/C17H27N3O/c1-17(2)10-4-3-5-14(17)19-15-9-8-13(18)16(20-15)21-11-12-6-7-12/h8-9,12,14H,3-7,10-11,18H2,1-2H3,(H,19,20). The highest BCUT2D eigenvalue weighted by Gasteiger charge is 2.32. The molecule has 3 rings (SSSR count). The van der Waals surface area contributed by atoms with Crippen LogP contribution in [0.4, 0.5) is 11.5 Å². The molecule has 0 radical (unpaired) electrons. The molecule has 1 heterocycles. The maximum Gasteiger partial charge on any atom is 0.239 e. The molecule has 1 unspecified atom stereocenters. The van der Waals surface area contributed by atoms with Crippen LogP contribution in [0.1, 0.15) is 52.4 Å². The average Bonchev–Trinajstić information content (AvgIpc) is 3.26. The van der Waals surface area contributed by atoms with Crippen LogP contribution in [0.25, 0.3) is 0 Å². The third-order valence-corrected chi connectivity index (χ3v) is 4.87. The van der Waals surface area contributed by atoms with Crippen LogP contribution in [0.2, 0.25) is 0 Å². The quantitative estimate of drug-likeness (QED) is 0.864. The van der Waals surface area contributed by atoms with E-state index in [1.165, 1.54) is 38.5 Å². The van der Waals surface area contributed by atoms with Gasteiger partial charge in [-0.3, -0.25) is 0 Å². The van der Waals surface area contributed by atoms with Gasteiger partial charge in [-0.05, 0) is 49.1 Å². The largest absolute Gasteiger partial charge is 0.476 e. The number of nitrogens with zero attached hydrogens (tertiary/aromatic N) is 1. The molecule has 0 bridgehead atoms. The fourth-order valence-electron chi connectivity index (χ4n) is 3.07. The van der Waals surface area contributed by atoms with Crippen molar-refractivity contribution in [1.29, 1.82) is 0 Å². The third kappa shape index (κ3) is 3.60. The minimum Gasteiger partial charge on any atom is -0.476 e. The van der Waals surface area contributed by atoms with Gasteiger partial charge >= 0.3 is 0 Å². The van der Waals surface area contributed by atoms with Gasteiger partial charge in [0.15, 0.2) is 0 Å². The van der Waals surface area contributed by atoms with Crippen molar-refractivity contribution in [1.82, 2.24) is 4.98 Å². The highest BCUT2D eigenvalue weighted by molar-refractivity contribution is 5.54. The molecule has 1 aromatic heterocycles. The zero-order valence-corrected chi connectivity index (χ0v) is 13.2. The first-order chi connectivity index (χ1) is 10.0. The van der Waals surface area contributed by atoms with Gasteiger partial charge in [-0.25, -0.2) is 0 Å². The van der Waals surface area contributed by atoms with Crippen molar-refractivity contribution in [3.05, 3.63) is 12.1 Å². The van der Waals surface area contributed by atoms with Crippen LogP contribution in [-0.2, 0) is 0 Å². The summed E-state index contributed by atoms with van der Waals surface area (Å²) >= 11 is 0. The number of aromatic nitrogens is 1. The zero-order chi connectivity index (χ0) is 14.9. The summed E-state index contributed by atoms with van der Waals surface area (Å²) < 4.78 is 5.77. The van der Waals surface area contributed by atoms with E-state index in [-0.39, 0.29) is 0 Å². The summed E-state index contributed by atoms with van der Waals surface area (Å²) in [5.41, 5.74) is 6.91. The summed E-state index contributed by atoms with van der Waals surface area (Å²) in [5, 5.41) is 3.60. The Kier molecular flexibility index (Phi) is 3.96. The normalized spacial score (nSPS) is 24.6. The van der Waals surface area contributed by atoms with Crippen LogP contribution in [-0.4, -0.2) is 17.6 Å². The second kappa shape index (κ2) is 5.74. The highest BCUT2D eigenvalue weighted by Crippen LogP contribution is 2.37. The van der Waals surface area contributed by atoms with Gasteiger partial charge in [-0.1, -0.05) is 26.7 Å². The van der Waals surface area contributed by atoms with Gasteiger partial charge < -0.3 is 15.8 Å². The van der Waals surface area contributed by atoms with E-state index < -0.39 is 0 Å². The Bertz CT molecular complexity index is 497. The number of hydrogen-bond acceptors (Lipinski definition) is 4. The molecule has 1 aromatic rings. The summed E-state index contributed by atoms with van der Waals surface area (Å²) in [4.78, 5) is 4.57. The molecule has 116 valence electrons. The maximum absolute atomic E-state index is 5.97. The number of nitrogens with two attached hydrogens (primary N) is 1. The van der Waals surface area contributed by atoms with E-state index in [2.05, 4.69) is 24.1 Å². The van der Waals surface area contributed by atoms with Crippen LogP contribution >= 0.6 is 0 Å². The Balaban J connectivity index is 1.67. The maximum atomic E-state index is 5.97. The molecular formula is C17H27N3O. The molecule has 21 heavy (non-hydrogen) atoms. The SMILES string of the molecule is CC1(C)CCCCC1Nc1ccc(N)c(OCC2CC2)n1. The van der Waals surface area contributed by atoms with E-state index in [9.17, 15) is 0 Å². The monoisotopic (exact) mass is 289 g/mol. The van der Waals surface area contributed by atoms with Gasteiger partial charge in [-0.2, -0.15) is 4.98 Å². The molecule has 1 atom stereocenters. The first kappa shape index (κ1) is 14.5. The molecule has 2 aliphatic carbocycles. The van der Waals surface area contributed by atoms with Crippen molar-refractivity contribution in [3.8, 4) is 5.88 Å². The van der Waals surface area contributed by atoms with Gasteiger partial charge in [0.05, 0.1) is 12.3 Å². The molecule has 0 amide bonds. The smallest absolute Gasteiger partial charge is 0.239 e. The lowest BCUT2D eigenvalue weighted by Gasteiger charge is -2.39. The summed E-state index contributed by atoms with van der Waals surface area (Å²) in [7, 11) is 0. The van der Waals surface area contributed by atoms with Crippen molar-refractivity contribution in [2.75, 3.05) is 17.7 Å². The van der Waals surface area contributed by atoms with E-state index in [1.807, 2.05) is 12.1 Å². The van der Waals surface area contributed by atoms with Crippen LogP contribution < -0.4 is 15.8 Å². The van der Waals surface area contributed by atoms with Gasteiger partial charge in [0.1, 0.15) is 5.82 Å². The van der Waals surface area contributed by atoms with Crippen molar-refractivity contribution in [2.45, 2.75) is 58.4 Å². The van der Waals surface area contributed by atoms with E-state index >= 15 is 0 Å². The topological polar surface area (TPSA) is 60.2 Å². The number of pyridine rings is 1. The van der Waals surface area contributed by atoms with Gasteiger partial charge in [0, 0.05) is 6.04 Å². The molecular weight excluding hydrogens is 262 g/mol. The first-order valence-electron chi connectivity index (χ1n) is 8.20. The van der Waals surface area contributed by atoms with Crippen molar-refractivity contribution < 1.29 is 4.74 Å². The minimum atomic E-state index is 0.316. The number of nitrogens with one attached hydrogen (secondary N) is 1. The number of nitrogen functional groups attached to an aromatic ring is 1. The van der Waals surface area contributed by atoms with E-state index in [0.29, 0.717) is 28.9 Å². The van der Waals surface area contributed by atoms with E-state index in [1.54, 1.807) is 0 Å². The summed E-state index contributed by atoms with van der Waals surface area (Å²) in [5.74, 6) is 2.18. The lowest BCUT2D eigenvalue weighted by molar-refractivity contribution is 0.216. The number of rotatable bonds is 5. The molecule has 2 aliphatic rings.